The first-order chi connectivity index (χ1) is 5.47. The molecule has 0 amide bonds. The number of hydrogen-bond donors (Lipinski definition) is 1. The van der Waals surface area contributed by atoms with E-state index in [9.17, 15) is 0 Å². The molecule has 0 aliphatic heterocycles. The third-order valence-electron chi connectivity index (χ3n) is 1.41. The molecule has 1 N–H and O–H groups in total. The Morgan fingerprint density at radius 2 is 2.00 bits per heavy atom. The topological polar surface area (TPSA) is 41.6 Å². The van der Waals surface area contributed by atoms with Crippen molar-refractivity contribution in [3.8, 4) is 11.5 Å². The van der Waals surface area contributed by atoms with Gasteiger partial charge in [-0.05, 0) is 12.1 Å². The van der Waals surface area contributed by atoms with Crippen LogP contribution in [0.4, 0.5) is 0 Å². The minimum absolute atomic E-state index is 0. The van der Waals surface area contributed by atoms with Crippen molar-refractivity contribution in [2.24, 2.45) is 0 Å². The van der Waals surface area contributed by atoms with Crippen LogP contribution in [0, 0.1) is 0 Å². The summed E-state index contributed by atoms with van der Waals surface area (Å²) < 4.78 is 0. The molecule has 2 heterocycles. The summed E-state index contributed by atoms with van der Waals surface area (Å²) in [6.07, 6.45) is 5.24. The summed E-state index contributed by atoms with van der Waals surface area (Å²) in [5, 5.41) is 0. The van der Waals surface area contributed by atoms with Crippen LogP contribution in [-0.2, 0) is 20.1 Å². The second-order valence-corrected chi connectivity index (χ2v) is 2.15. The summed E-state index contributed by atoms with van der Waals surface area (Å²) in [4.78, 5) is 11.2. The summed E-state index contributed by atoms with van der Waals surface area (Å²) in [6.45, 7) is 0. The molecule has 63 valence electrons. The van der Waals surface area contributed by atoms with Crippen LogP contribution in [-0.4, -0.2) is 15.0 Å². The monoisotopic (exact) mass is 338 g/mol. The normalized spacial score (nSPS) is 9.00. The Bertz CT molecular complexity index is 317. The van der Waals surface area contributed by atoms with Crippen LogP contribution in [0.1, 0.15) is 0 Å². The molecule has 0 aliphatic rings. The average molecular weight is 337 g/mol. The van der Waals surface area contributed by atoms with Gasteiger partial charge in [-0.25, -0.2) is 4.98 Å². The summed E-state index contributed by atoms with van der Waals surface area (Å²) in [7, 11) is 0. The van der Waals surface area contributed by atoms with Crippen molar-refractivity contribution in [2.75, 3.05) is 0 Å². The Kier molecular flexibility index (Phi) is 3.14. The van der Waals surface area contributed by atoms with E-state index in [1.165, 1.54) is 0 Å². The van der Waals surface area contributed by atoms with E-state index in [1.54, 1.807) is 18.6 Å². The Labute approximate surface area is 83.6 Å². The van der Waals surface area contributed by atoms with E-state index in [4.69, 9.17) is 0 Å². The summed E-state index contributed by atoms with van der Waals surface area (Å²) >= 11 is 0. The van der Waals surface area contributed by atoms with Gasteiger partial charge in [0.1, 0.15) is 5.69 Å². The number of rotatable bonds is 1. The second kappa shape index (κ2) is 4.14. The number of pyridine rings is 1. The molecule has 1 radical (unpaired) electrons. The first-order valence-electron chi connectivity index (χ1n) is 3.37. The van der Waals surface area contributed by atoms with E-state index < -0.39 is 0 Å². The largest absolute Gasteiger partial charge is 0.343 e. The Morgan fingerprint density at radius 1 is 1.08 bits per heavy atom. The van der Waals surface area contributed by atoms with Crippen LogP contribution in [0.5, 0.6) is 0 Å². The zero-order valence-corrected chi connectivity index (χ0v) is 8.59. The molecule has 2 rings (SSSR count). The van der Waals surface area contributed by atoms with Crippen LogP contribution in [0.3, 0.4) is 0 Å². The fraction of sp³-hybridized carbons (Fsp3) is 0. The zero-order valence-electron chi connectivity index (χ0n) is 6.19. The molecule has 0 fully saturated rings. The number of imidazole rings is 1. The minimum Gasteiger partial charge on any atom is -0.343 e. The summed E-state index contributed by atoms with van der Waals surface area (Å²) in [5.41, 5.74) is 0.873. The van der Waals surface area contributed by atoms with Gasteiger partial charge in [0.15, 0.2) is 5.82 Å². The fourth-order valence-electron chi connectivity index (χ4n) is 0.908. The third kappa shape index (κ3) is 1.78. The second-order valence-electron chi connectivity index (χ2n) is 2.15. The Morgan fingerprint density at radius 3 is 2.58 bits per heavy atom. The zero-order chi connectivity index (χ0) is 7.52. The number of aromatic amines is 1. The molecule has 0 atom stereocenters. The van der Waals surface area contributed by atoms with Crippen LogP contribution in [0.25, 0.3) is 11.5 Å². The Hall–Kier alpha value is -0.991. The van der Waals surface area contributed by atoms with Gasteiger partial charge in [-0.3, -0.25) is 4.98 Å². The molecule has 0 saturated carbocycles. The molecule has 0 saturated heterocycles. The predicted molar refractivity (Wildman–Crippen MR) is 41.8 cm³/mol. The van der Waals surface area contributed by atoms with E-state index >= 15 is 0 Å². The number of hydrogen-bond acceptors (Lipinski definition) is 2. The molecule has 0 unspecified atom stereocenters. The van der Waals surface area contributed by atoms with Gasteiger partial charge in [-0.2, -0.15) is 0 Å². The molecule has 0 aromatic carbocycles. The van der Waals surface area contributed by atoms with Crippen LogP contribution in [0.15, 0.2) is 36.8 Å². The predicted octanol–water partition coefficient (Wildman–Crippen LogP) is 1.47. The van der Waals surface area contributed by atoms with E-state index in [0.717, 1.165) is 11.5 Å². The molecule has 0 spiro atoms. The molecule has 3 nitrogen and oxygen atoms in total. The van der Waals surface area contributed by atoms with Gasteiger partial charge < -0.3 is 4.98 Å². The molecular formula is C8H7IrN3. The summed E-state index contributed by atoms with van der Waals surface area (Å²) in [6, 6.07) is 5.73. The number of aromatic nitrogens is 3. The summed E-state index contributed by atoms with van der Waals surface area (Å²) in [5.74, 6) is 0.811. The molecule has 0 bridgehead atoms. The maximum Gasteiger partial charge on any atom is 0.155 e. The number of nitrogens with one attached hydrogen (secondary N) is 1. The molecular weight excluding hydrogens is 330 g/mol. The van der Waals surface area contributed by atoms with Crippen molar-refractivity contribution >= 4 is 0 Å². The van der Waals surface area contributed by atoms with Gasteiger partial charge in [-0.1, -0.05) is 6.07 Å². The van der Waals surface area contributed by atoms with E-state index in [0.29, 0.717) is 0 Å². The van der Waals surface area contributed by atoms with Gasteiger partial charge in [0, 0.05) is 38.7 Å². The van der Waals surface area contributed by atoms with Crippen molar-refractivity contribution in [3.63, 3.8) is 0 Å². The molecule has 2 aromatic heterocycles. The Balaban J connectivity index is 0.000000720. The first-order valence-corrected chi connectivity index (χ1v) is 3.37. The molecule has 2 aromatic rings. The average Bonchev–Trinajstić information content (AvgIpc) is 2.58. The van der Waals surface area contributed by atoms with E-state index in [1.807, 2.05) is 18.2 Å². The first kappa shape index (κ1) is 9.10. The van der Waals surface area contributed by atoms with Gasteiger partial charge in [0.25, 0.3) is 0 Å². The number of H-pyrrole nitrogens is 1. The third-order valence-corrected chi connectivity index (χ3v) is 1.41. The minimum atomic E-state index is 0. The van der Waals surface area contributed by atoms with Gasteiger partial charge in [-0.15, -0.1) is 0 Å². The smallest absolute Gasteiger partial charge is 0.155 e. The van der Waals surface area contributed by atoms with Gasteiger partial charge in [0.2, 0.25) is 0 Å². The fourth-order valence-corrected chi connectivity index (χ4v) is 0.908. The molecule has 4 heteroatoms. The molecule has 0 aliphatic carbocycles. The van der Waals surface area contributed by atoms with Crippen molar-refractivity contribution in [3.05, 3.63) is 36.8 Å². The van der Waals surface area contributed by atoms with Crippen LogP contribution in [0.2, 0.25) is 0 Å². The SMILES string of the molecule is [Ir].c1ccc(-c2ncc[nH]2)nc1. The maximum absolute atomic E-state index is 4.13. The van der Waals surface area contributed by atoms with Gasteiger partial charge in [0.05, 0.1) is 0 Å². The van der Waals surface area contributed by atoms with E-state index in [-0.39, 0.29) is 20.1 Å². The van der Waals surface area contributed by atoms with Gasteiger partial charge >= 0.3 is 0 Å². The van der Waals surface area contributed by atoms with Crippen LogP contribution < -0.4 is 0 Å². The van der Waals surface area contributed by atoms with Crippen LogP contribution >= 0.6 is 0 Å². The number of nitrogens with zero attached hydrogens (tertiary/aromatic N) is 2. The molecule has 12 heavy (non-hydrogen) atoms. The quantitative estimate of drug-likeness (QED) is 0.856. The van der Waals surface area contributed by atoms with Crippen molar-refractivity contribution in [1.29, 1.82) is 0 Å². The maximum atomic E-state index is 4.13. The van der Waals surface area contributed by atoms with Crippen molar-refractivity contribution in [2.45, 2.75) is 0 Å². The van der Waals surface area contributed by atoms with Crippen molar-refractivity contribution in [1.82, 2.24) is 15.0 Å². The standard InChI is InChI=1S/C8H7N3.Ir/c1-2-4-9-7(3-1)8-10-5-6-11-8;/h1-6H,(H,10,11);. The van der Waals surface area contributed by atoms with E-state index in [2.05, 4.69) is 15.0 Å². The van der Waals surface area contributed by atoms with Crippen molar-refractivity contribution < 1.29 is 20.1 Å².